The quantitative estimate of drug-likeness (QED) is 0.0919. The van der Waals surface area contributed by atoms with E-state index in [9.17, 15) is 0 Å². The number of anilines is 7. The van der Waals surface area contributed by atoms with Crippen molar-refractivity contribution in [3.8, 4) is 29.5 Å². The first-order valence-corrected chi connectivity index (χ1v) is 16.8. The van der Waals surface area contributed by atoms with Crippen molar-refractivity contribution in [2.75, 3.05) is 27.1 Å². The maximum absolute atomic E-state index is 6.09. The largest absolute Gasteiger partial charge is 0.368 e. The van der Waals surface area contributed by atoms with Crippen LogP contribution in [-0.2, 0) is 0 Å². The Bertz CT molecular complexity index is 2660. The van der Waals surface area contributed by atoms with Crippen LogP contribution in [0.4, 0.5) is 41.6 Å². The van der Waals surface area contributed by atoms with E-state index in [0.717, 1.165) is 15.2 Å². The molecular weight excluding hydrogens is 748 g/mol. The fourth-order valence-electron chi connectivity index (χ4n) is 5.23. The zero-order chi connectivity index (χ0) is 39.9. The first kappa shape index (κ1) is 34.5. The van der Waals surface area contributed by atoms with Gasteiger partial charge in [-0.3, -0.25) is 15.6 Å². The van der Waals surface area contributed by atoms with E-state index < -0.39 is 0 Å². The molecule has 2 aliphatic rings. The number of aromatic nitrogens is 24. The fourth-order valence-corrected chi connectivity index (χ4v) is 5.23. The molecule has 1 unspecified atom stereocenters. The average Bonchev–Trinajstić information content (AvgIpc) is 4.04. The number of aromatic amines is 2. The van der Waals surface area contributed by atoms with Gasteiger partial charge in [-0.2, -0.15) is 34.4 Å². The number of hydrogen-bond acceptors (Lipinski definition) is 27. The van der Waals surface area contributed by atoms with Crippen molar-refractivity contribution in [2.24, 2.45) is 20.7 Å². The first-order valence-electron chi connectivity index (χ1n) is 16.8. The summed E-state index contributed by atoms with van der Waals surface area (Å²) in [5, 5.41) is 82.4. The Balaban J connectivity index is 0.835. The molecule has 0 saturated heterocycles. The molecule has 290 valence electrons. The molecule has 0 bridgehead atoms. The van der Waals surface area contributed by atoms with E-state index in [2.05, 4.69) is 147 Å². The van der Waals surface area contributed by atoms with Gasteiger partial charge in [-0.05, 0) is 39.8 Å². The third-order valence-electron chi connectivity index (χ3n) is 9.50. The molecular formula is C25H30N32. The number of nitrogens with zero attached hydrogens (tertiary/aromatic N) is 26. The van der Waals surface area contributed by atoms with E-state index >= 15 is 0 Å². The Morgan fingerprint density at radius 1 is 0.614 bits per heavy atom. The van der Waals surface area contributed by atoms with Gasteiger partial charge in [0.05, 0.1) is 17.3 Å². The lowest BCUT2D eigenvalue weighted by molar-refractivity contribution is 0.252. The lowest BCUT2D eigenvalue weighted by Crippen LogP contribution is -2.54. The number of nitrogens with one attached hydrogen (secondary N) is 4. The highest BCUT2D eigenvalue weighted by Gasteiger charge is 2.51. The van der Waals surface area contributed by atoms with Gasteiger partial charge in [-0.1, -0.05) is 23.9 Å². The summed E-state index contributed by atoms with van der Waals surface area (Å²) in [6.45, 7) is 14.1. The second-order valence-corrected chi connectivity index (χ2v) is 14.1. The molecule has 0 aliphatic carbocycles. The van der Waals surface area contributed by atoms with E-state index in [1.165, 1.54) is 4.68 Å². The second kappa shape index (κ2) is 12.1. The molecule has 9 rings (SSSR count). The summed E-state index contributed by atoms with van der Waals surface area (Å²) < 4.78 is 2.31. The zero-order valence-electron chi connectivity index (χ0n) is 30.9. The van der Waals surface area contributed by atoms with Crippen molar-refractivity contribution in [3.05, 3.63) is 5.82 Å². The summed E-state index contributed by atoms with van der Waals surface area (Å²) >= 11 is 0. The van der Waals surface area contributed by atoms with Crippen molar-refractivity contribution in [1.82, 2.24) is 121 Å². The van der Waals surface area contributed by atoms with Gasteiger partial charge >= 0.3 is 0 Å². The van der Waals surface area contributed by atoms with Crippen LogP contribution in [0.15, 0.2) is 15.3 Å². The Labute approximate surface area is 316 Å². The van der Waals surface area contributed by atoms with Gasteiger partial charge in [0.15, 0.2) is 5.82 Å². The standard InChI is InChI=1S/C25H30N32/c1-8-24(4,5)51-53-54(8)19-33-16(38-43-19)32-18-41-46-22(47-42-18)56-14(27)30-20(50-56)57-49-12(36-52-57)11-29-15(37-35-11)31-17-39-44-21(45-40-17)55-13(26)28-10(48-55)9-23(2,3)25(6,7)34-9/h8H,1-7H3,(H2,26,28,48)(H2,27,30,50)(H2,29,31,35,37,39,40)(H2,32,33,38,41,42,43). The van der Waals surface area contributed by atoms with E-state index in [-0.39, 0.29) is 87.7 Å². The summed E-state index contributed by atoms with van der Waals surface area (Å²) in [5.74, 6) is 0.875. The van der Waals surface area contributed by atoms with Crippen LogP contribution in [0.25, 0.3) is 29.5 Å². The third-order valence-corrected chi connectivity index (χ3v) is 9.50. The molecule has 57 heavy (non-hydrogen) atoms. The van der Waals surface area contributed by atoms with Gasteiger partial charge < -0.3 is 11.5 Å². The molecule has 0 aromatic carbocycles. The zero-order valence-corrected chi connectivity index (χ0v) is 30.9. The molecule has 8 N–H and O–H groups in total. The monoisotopic (exact) mass is 778 g/mol. The van der Waals surface area contributed by atoms with Crippen molar-refractivity contribution in [3.63, 3.8) is 0 Å². The van der Waals surface area contributed by atoms with E-state index in [4.69, 9.17) is 11.5 Å². The lowest BCUT2D eigenvalue weighted by atomic mass is 9.65. The Morgan fingerprint density at radius 3 is 1.84 bits per heavy atom. The molecule has 9 heterocycles. The summed E-state index contributed by atoms with van der Waals surface area (Å²) in [7, 11) is 0. The molecule has 0 radical (unpaired) electrons. The van der Waals surface area contributed by atoms with Gasteiger partial charge in [-0.25, -0.2) is 15.2 Å². The third kappa shape index (κ3) is 5.85. The summed E-state index contributed by atoms with van der Waals surface area (Å²) in [6.07, 6.45) is 0. The molecule has 0 saturated carbocycles. The summed E-state index contributed by atoms with van der Waals surface area (Å²) in [5.41, 5.74) is 12.0. The molecule has 7 aromatic rings. The molecule has 0 fully saturated rings. The number of nitrogen functional groups attached to an aromatic ring is 2. The van der Waals surface area contributed by atoms with Gasteiger partial charge in [0.1, 0.15) is 5.54 Å². The Hall–Kier alpha value is -8.22. The second-order valence-electron chi connectivity index (χ2n) is 14.1. The number of H-pyrrole nitrogens is 2. The maximum Gasteiger partial charge on any atom is 0.292 e. The highest BCUT2D eigenvalue weighted by molar-refractivity contribution is 6.06. The Morgan fingerprint density at radius 2 is 1.23 bits per heavy atom. The predicted octanol–water partition coefficient (Wildman–Crippen LogP) is -1.50. The minimum atomic E-state index is -0.386. The highest BCUT2D eigenvalue weighted by atomic mass is 15.7. The minimum Gasteiger partial charge on any atom is -0.368 e. The lowest BCUT2D eigenvalue weighted by Gasteiger charge is -2.47. The van der Waals surface area contributed by atoms with Crippen molar-refractivity contribution >= 4 is 47.4 Å². The molecule has 1 atom stereocenters. The summed E-state index contributed by atoms with van der Waals surface area (Å²) in [4.78, 5) is 22.8. The topological polar surface area (TPSA) is 408 Å². The van der Waals surface area contributed by atoms with Gasteiger partial charge in [-0.15, -0.1) is 71.4 Å². The predicted molar refractivity (Wildman–Crippen MR) is 190 cm³/mol. The number of rotatable bonds is 10. The van der Waals surface area contributed by atoms with Crippen molar-refractivity contribution in [2.45, 2.75) is 65.6 Å². The van der Waals surface area contributed by atoms with E-state index in [1.807, 2.05) is 34.6 Å². The van der Waals surface area contributed by atoms with Gasteiger partial charge in [0.2, 0.25) is 35.4 Å². The molecule has 32 nitrogen and oxygen atoms in total. The van der Waals surface area contributed by atoms with Crippen molar-refractivity contribution in [1.29, 1.82) is 0 Å². The summed E-state index contributed by atoms with van der Waals surface area (Å²) in [6, 6.07) is -0.0604. The molecule has 0 amide bonds. The number of nitrogens with two attached hydrogens (primary N) is 2. The SMILES string of the molecule is CC1N(c2n[nH]c(Nc3nnc(-n4nc(-n5nnc(-c6n[nH]c(Nc7nnc(-n8nc(C9=NC(C)(C)C9(C)C)nc8N)nn7)n6)n5)nc4N)nn3)n2)N=NC1(C)C. The van der Waals surface area contributed by atoms with Crippen LogP contribution in [0, 0.1) is 5.41 Å². The Kier molecular flexibility index (Phi) is 7.36. The van der Waals surface area contributed by atoms with Gasteiger partial charge in [0, 0.05) is 5.41 Å². The van der Waals surface area contributed by atoms with Crippen LogP contribution in [-0.4, -0.2) is 144 Å². The minimum absolute atomic E-state index is 0.000426. The molecule has 7 aromatic heterocycles. The van der Waals surface area contributed by atoms with Crippen LogP contribution in [0.3, 0.4) is 0 Å². The van der Waals surface area contributed by atoms with E-state index in [1.54, 1.807) is 5.01 Å². The van der Waals surface area contributed by atoms with Crippen molar-refractivity contribution < 1.29 is 0 Å². The maximum atomic E-state index is 6.09. The van der Waals surface area contributed by atoms with E-state index in [0.29, 0.717) is 11.8 Å². The molecule has 2 aliphatic heterocycles. The molecule has 0 spiro atoms. The van der Waals surface area contributed by atoms with Crippen LogP contribution < -0.4 is 27.1 Å². The fraction of sp³-hybridized carbons (Fsp3) is 0.440. The van der Waals surface area contributed by atoms with Crippen LogP contribution in [0.1, 0.15) is 54.3 Å². The molecule has 32 heteroatoms. The first-order chi connectivity index (χ1) is 27.1. The average molecular weight is 779 g/mol. The number of tetrazole rings is 1. The smallest absolute Gasteiger partial charge is 0.292 e. The van der Waals surface area contributed by atoms with Gasteiger partial charge in [0.25, 0.3) is 35.7 Å². The highest BCUT2D eigenvalue weighted by Crippen LogP contribution is 2.45. The van der Waals surface area contributed by atoms with Crippen LogP contribution in [0.2, 0.25) is 0 Å². The van der Waals surface area contributed by atoms with Crippen LogP contribution in [0.5, 0.6) is 0 Å². The van der Waals surface area contributed by atoms with Crippen LogP contribution >= 0.6 is 0 Å². The normalized spacial score (nSPS) is 17.8. The number of hydrogen-bond donors (Lipinski definition) is 6. The number of aliphatic imine (C=N–C) groups is 1.